The van der Waals surface area contributed by atoms with Crippen molar-refractivity contribution in [1.82, 2.24) is 15.0 Å². The summed E-state index contributed by atoms with van der Waals surface area (Å²) in [4.78, 5) is -0.0520. The molecular formula is C22H27N3O5S. The van der Waals surface area contributed by atoms with Gasteiger partial charge in [0.2, 0.25) is 14.9 Å². The van der Waals surface area contributed by atoms with E-state index in [1.54, 1.807) is 31.2 Å². The number of methoxy groups -OCH3 is 1. The Morgan fingerprint density at radius 3 is 2.42 bits per heavy atom. The molecule has 0 atom stereocenters. The predicted octanol–water partition coefficient (Wildman–Crippen LogP) is 3.82. The minimum atomic E-state index is -4.01. The topological polar surface area (TPSA) is 104 Å². The van der Waals surface area contributed by atoms with E-state index in [4.69, 9.17) is 9.47 Å². The van der Waals surface area contributed by atoms with Gasteiger partial charge in [-0.2, -0.15) is 0 Å². The SMILES string of the molecule is CCOc1ccc(OC)cc1-n1nnc(S(=O)(=O)c2ccc(C(C)(C)C)c(O)c2)c1C. The van der Waals surface area contributed by atoms with Gasteiger partial charge < -0.3 is 14.6 Å². The number of aromatic hydroxyl groups is 1. The van der Waals surface area contributed by atoms with Crippen molar-refractivity contribution < 1.29 is 23.0 Å². The second-order valence-electron chi connectivity index (χ2n) is 8.09. The molecule has 1 N–H and O–H groups in total. The standard InChI is InChI=1S/C22H27N3O5S/c1-7-30-20-11-8-15(29-6)12-18(20)25-14(2)21(23-24-25)31(27,28)16-9-10-17(19(26)13-16)22(3,4)5/h8-13,26H,7H2,1-6H3. The summed E-state index contributed by atoms with van der Waals surface area (Å²) in [6.45, 7) is 9.72. The van der Waals surface area contributed by atoms with E-state index in [1.165, 1.54) is 23.9 Å². The first-order valence-electron chi connectivity index (χ1n) is 9.82. The molecule has 31 heavy (non-hydrogen) atoms. The lowest BCUT2D eigenvalue weighted by Crippen LogP contribution is -2.12. The van der Waals surface area contributed by atoms with Crippen LogP contribution in [0.25, 0.3) is 5.69 Å². The Bertz CT molecular complexity index is 1210. The Hall–Kier alpha value is -3.07. The number of phenols is 1. The van der Waals surface area contributed by atoms with Gasteiger partial charge in [-0.15, -0.1) is 5.10 Å². The van der Waals surface area contributed by atoms with Gasteiger partial charge in [-0.05, 0) is 49.1 Å². The summed E-state index contributed by atoms with van der Waals surface area (Å²) in [6.07, 6.45) is 0. The van der Waals surface area contributed by atoms with Crippen LogP contribution in [0.3, 0.4) is 0 Å². The molecule has 166 valence electrons. The molecule has 1 heterocycles. The lowest BCUT2D eigenvalue weighted by molar-refractivity contribution is 0.336. The Balaban J connectivity index is 2.11. The lowest BCUT2D eigenvalue weighted by atomic mass is 9.86. The number of hydrogen-bond donors (Lipinski definition) is 1. The normalized spacial score (nSPS) is 12.1. The average molecular weight is 446 g/mol. The molecule has 1 aromatic heterocycles. The zero-order valence-corrected chi connectivity index (χ0v) is 19.3. The first kappa shape index (κ1) is 22.6. The molecule has 3 aromatic rings. The maximum atomic E-state index is 13.3. The summed E-state index contributed by atoms with van der Waals surface area (Å²) >= 11 is 0. The van der Waals surface area contributed by atoms with Gasteiger partial charge in [-0.25, -0.2) is 13.1 Å². The highest BCUT2D eigenvalue weighted by molar-refractivity contribution is 7.91. The maximum absolute atomic E-state index is 13.3. The van der Waals surface area contributed by atoms with Gasteiger partial charge >= 0.3 is 0 Å². The molecule has 0 amide bonds. The minimum Gasteiger partial charge on any atom is -0.508 e. The number of rotatable bonds is 6. The van der Waals surface area contributed by atoms with Crippen molar-refractivity contribution in [3.05, 3.63) is 47.7 Å². The second kappa shape index (κ2) is 8.22. The Morgan fingerprint density at radius 2 is 1.84 bits per heavy atom. The van der Waals surface area contributed by atoms with E-state index in [1.807, 2.05) is 27.7 Å². The van der Waals surface area contributed by atoms with Gasteiger partial charge in [0, 0.05) is 6.07 Å². The van der Waals surface area contributed by atoms with E-state index >= 15 is 0 Å². The molecular weight excluding hydrogens is 418 g/mol. The first-order valence-corrected chi connectivity index (χ1v) is 11.3. The van der Waals surface area contributed by atoms with Crippen LogP contribution in [0.1, 0.15) is 39.0 Å². The molecule has 0 radical (unpaired) electrons. The summed E-state index contributed by atoms with van der Waals surface area (Å²) in [5, 5.41) is 18.2. The van der Waals surface area contributed by atoms with Crippen LogP contribution in [-0.4, -0.2) is 42.2 Å². The van der Waals surface area contributed by atoms with Crippen molar-refractivity contribution >= 4 is 9.84 Å². The van der Waals surface area contributed by atoms with Gasteiger partial charge in [-0.3, -0.25) is 0 Å². The summed E-state index contributed by atoms with van der Waals surface area (Å²) in [5.41, 5.74) is 1.16. The van der Waals surface area contributed by atoms with E-state index in [-0.39, 0.29) is 21.1 Å². The van der Waals surface area contributed by atoms with Crippen LogP contribution in [0.15, 0.2) is 46.3 Å². The number of hydrogen-bond acceptors (Lipinski definition) is 7. The van der Waals surface area contributed by atoms with E-state index < -0.39 is 9.84 Å². The quantitative estimate of drug-likeness (QED) is 0.615. The summed E-state index contributed by atoms with van der Waals surface area (Å²) < 4.78 is 38.9. The summed E-state index contributed by atoms with van der Waals surface area (Å²) in [5.74, 6) is 1.01. The third-order valence-corrected chi connectivity index (χ3v) is 6.65. The van der Waals surface area contributed by atoms with Crippen LogP contribution < -0.4 is 9.47 Å². The van der Waals surface area contributed by atoms with Gasteiger partial charge in [-0.1, -0.05) is 32.1 Å². The highest BCUT2D eigenvalue weighted by Gasteiger charge is 2.28. The lowest BCUT2D eigenvalue weighted by Gasteiger charge is -2.20. The van der Waals surface area contributed by atoms with Gasteiger partial charge in [0.25, 0.3) is 0 Å². The highest BCUT2D eigenvalue weighted by atomic mass is 32.2. The number of benzene rings is 2. The number of ether oxygens (including phenoxy) is 2. The third kappa shape index (κ3) is 4.23. The molecule has 0 fully saturated rings. The molecule has 0 saturated carbocycles. The minimum absolute atomic E-state index is 0.0520. The molecule has 0 aliphatic rings. The zero-order valence-electron chi connectivity index (χ0n) is 18.5. The molecule has 2 aromatic carbocycles. The van der Waals surface area contributed by atoms with Crippen molar-refractivity contribution in [2.45, 2.75) is 50.0 Å². The van der Waals surface area contributed by atoms with E-state index in [0.717, 1.165) is 0 Å². The van der Waals surface area contributed by atoms with E-state index in [0.29, 0.717) is 35.1 Å². The first-order chi connectivity index (χ1) is 14.5. The van der Waals surface area contributed by atoms with Crippen LogP contribution in [0.2, 0.25) is 0 Å². The van der Waals surface area contributed by atoms with E-state index in [2.05, 4.69) is 10.3 Å². The fourth-order valence-electron chi connectivity index (χ4n) is 3.28. The second-order valence-corrected chi connectivity index (χ2v) is 9.96. The van der Waals surface area contributed by atoms with E-state index in [9.17, 15) is 13.5 Å². The molecule has 0 aliphatic carbocycles. The number of sulfone groups is 1. The molecule has 0 bridgehead atoms. The monoisotopic (exact) mass is 445 g/mol. The van der Waals surface area contributed by atoms with Gasteiger partial charge in [0.15, 0.2) is 0 Å². The molecule has 3 rings (SSSR count). The maximum Gasteiger partial charge on any atom is 0.227 e. The van der Waals surface area contributed by atoms with Crippen LogP contribution in [0, 0.1) is 6.92 Å². The number of phenolic OH excluding ortho intramolecular Hbond substituents is 1. The van der Waals surface area contributed by atoms with Crippen molar-refractivity contribution in [1.29, 1.82) is 0 Å². The summed E-state index contributed by atoms with van der Waals surface area (Å²) in [6, 6.07) is 9.54. The molecule has 9 heteroatoms. The number of nitrogens with zero attached hydrogens (tertiary/aromatic N) is 3. The van der Waals surface area contributed by atoms with Crippen molar-refractivity contribution in [3.8, 4) is 22.9 Å². The van der Waals surface area contributed by atoms with Crippen LogP contribution in [0.4, 0.5) is 0 Å². The zero-order chi connectivity index (χ0) is 23.0. The van der Waals surface area contributed by atoms with Gasteiger partial charge in [0.1, 0.15) is 22.9 Å². The Kier molecular flexibility index (Phi) is 6.00. The van der Waals surface area contributed by atoms with Gasteiger partial charge in [0.05, 0.1) is 24.3 Å². The summed E-state index contributed by atoms with van der Waals surface area (Å²) in [7, 11) is -2.47. The van der Waals surface area contributed by atoms with Crippen molar-refractivity contribution in [3.63, 3.8) is 0 Å². The Morgan fingerprint density at radius 1 is 1.13 bits per heavy atom. The molecule has 8 nitrogen and oxygen atoms in total. The molecule has 0 unspecified atom stereocenters. The van der Waals surface area contributed by atoms with Crippen molar-refractivity contribution in [2.75, 3.05) is 13.7 Å². The van der Waals surface area contributed by atoms with Crippen LogP contribution >= 0.6 is 0 Å². The fraction of sp³-hybridized carbons (Fsp3) is 0.364. The fourth-order valence-corrected chi connectivity index (χ4v) is 4.64. The highest BCUT2D eigenvalue weighted by Crippen LogP contribution is 2.35. The Labute approximate surface area is 182 Å². The average Bonchev–Trinajstić information content (AvgIpc) is 3.09. The van der Waals surface area contributed by atoms with Crippen LogP contribution in [0.5, 0.6) is 17.2 Å². The van der Waals surface area contributed by atoms with Crippen LogP contribution in [-0.2, 0) is 15.3 Å². The molecule has 0 saturated heterocycles. The van der Waals surface area contributed by atoms with Crippen molar-refractivity contribution in [2.24, 2.45) is 0 Å². The predicted molar refractivity (Wildman–Crippen MR) is 116 cm³/mol. The third-order valence-electron chi connectivity index (χ3n) is 4.89. The molecule has 0 aliphatic heterocycles. The smallest absolute Gasteiger partial charge is 0.227 e. The number of aromatic nitrogens is 3. The largest absolute Gasteiger partial charge is 0.508 e. The molecule has 0 spiro atoms.